The number of aryl methyl sites for hydroxylation is 2. The van der Waals surface area contributed by atoms with Crippen LogP contribution in [0.4, 0.5) is 0 Å². The van der Waals surface area contributed by atoms with Gasteiger partial charge in [0, 0.05) is 18.9 Å². The van der Waals surface area contributed by atoms with Gasteiger partial charge in [-0.3, -0.25) is 4.98 Å². The number of aliphatic hydroxyl groups excluding tert-OH is 1. The summed E-state index contributed by atoms with van der Waals surface area (Å²) in [4.78, 5) is 6.86. The average Bonchev–Trinajstić information content (AvgIpc) is 2.82. The summed E-state index contributed by atoms with van der Waals surface area (Å²) in [6.45, 7) is 5.72. The quantitative estimate of drug-likeness (QED) is 0.841. The van der Waals surface area contributed by atoms with Gasteiger partial charge in [0.1, 0.15) is 0 Å². The Morgan fingerprint density at radius 3 is 2.69 bits per heavy atom. The van der Waals surface area contributed by atoms with E-state index >= 15 is 0 Å². The first-order valence-electron chi connectivity index (χ1n) is 10.1. The summed E-state index contributed by atoms with van der Waals surface area (Å²) in [5.41, 5.74) is 5.31. The number of benzene rings is 1. The standard InChI is InChI=1S/C23H30N2O/c1-17-4-2-3-5-21(17)19-9-12-25(13-10-19)16-18-6-7-20-15-24-11-8-22(20)23(26)14-18/h2-5,8,11,15,18-19,23,26H,6-7,9-10,12-14,16H2,1H3. The van der Waals surface area contributed by atoms with Crippen LogP contribution in [0.25, 0.3) is 0 Å². The maximum absolute atomic E-state index is 10.6. The second-order valence-electron chi connectivity index (χ2n) is 8.16. The number of aromatic nitrogens is 1. The molecule has 1 aliphatic carbocycles. The van der Waals surface area contributed by atoms with Crippen molar-refractivity contribution in [3.05, 3.63) is 65.0 Å². The van der Waals surface area contributed by atoms with Crippen LogP contribution in [0, 0.1) is 12.8 Å². The number of rotatable bonds is 3. The molecule has 2 heterocycles. The highest BCUT2D eigenvalue weighted by Gasteiger charge is 2.27. The minimum atomic E-state index is -0.329. The van der Waals surface area contributed by atoms with Crippen molar-refractivity contribution in [2.45, 2.75) is 51.0 Å². The van der Waals surface area contributed by atoms with E-state index in [1.54, 1.807) is 11.8 Å². The lowest BCUT2D eigenvalue weighted by atomic mass is 9.86. The van der Waals surface area contributed by atoms with Crippen LogP contribution in [0.15, 0.2) is 42.7 Å². The van der Waals surface area contributed by atoms with E-state index in [0.29, 0.717) is 11.8 Å². The normalized spacial score (nSPS) is 24.8. The van der Waals surface area contributed by atoms with Gasteiger partial charge >= 0.3 is 0 Å². The number of aliphatic hydroxyl groups is 1. The molecule has 26 heavy (non-hydrogen) atoms. The Morgan fingerprint density at radius 1 is 1.08 bits per heavy atom. The van der Waals surface area contributed by atoms with Crippen LogP contribution in [0.3, 0.4) is 0 Å². The van der Waals surface area contributed by atoms with Crippen LogP contribution in [0.1, 0.15) is 60.0 Å². The highest BCUT2D eigenvalue weighted by Crippen LogP contribution is 2.34. The molecule has 0 spiro atoms. The molecular formula is C23H30N2O. The van der Waals surface area contributed by atoms with Crippen LogP contribution in [-0.4, -0.2) is 34.6 Å². The van der Waals surface area contributed by atoms with Crippen molar-refractivity contribution in [2.24, 2.45) is 5.92 Å². The van der Waals surface area contributed by atoms with E-state index < -0.39 is 0 Å². The molecule has 1 aromatic carbocycles. The molecule has 3 heteroatoms. The molecule has 2 unspecified atom stereocenters. The zero-order valence-corrected chi connectivity index (χ0v) is 15.8. The number of hydrogen-bond acceptors (Lipinski definition) is 3. The smallest absolute Gasteiger partial charge is 0.0796 e. The van der Waals surface area contributed by atoms with Crippen LogP contribution in [-0.2, 0) is 6.42 Å². The second-order valence-corrected chi connectivity index (χ2v) is 8.16. The van der Waals surface area contributed by atoms with E-state index in [-0.39, 0.29) is 6.10 Å². The van der Waals surface area contributed by atoms with Gasteiger partial charge in [0.15, 0.2) is 0 Å². The van der Waals surface area contributed by atoms with Crippen LogP contribution < -0.4 is 0 Å². The minimum Gasteiger partial charge on any atom is -0.388 e. The molecular weight excluding hydrogens is 320 g/mol. The Hall–Kier alpha value is -1.71. The zero-order chi connectivity index (χ0) is 17.9. The molecule has 1 saturated heterocycles. The van der Waals surface area contributed by atoms with Crippen molar-refractivity contribution >= 4 is 0 Å². The van der Waals surface area contributed by atoms with Crippen molar-refractivity contribution < 1.29 is 5.11 Å². The SMILES string of the molecule is Cc1ccccc1C1CCN(CC2CCc3cnccc3C(O)C2)CC1. The summed E-state index contributed by atoms with van der Waals surface area (Å²) in [6.07, 6.45) is 9.01. The molecule has 0 bridgehead atoms. The molecule has 0 radical (unpaired) electrons. The van der Waals surface area contributed by atoms with E-state index in [2.05, 4.69) is 41.1 Å². The van der Waals surface area contributed by atoms with Crippen molar-refractivity contribution in [1.29, 1.82) is 0 Å². The van der Waals surface area contributed by atoms with Crippen LogP contribution in [0.2, 0.25) is 0 Å². The third-order valence-corrected chi connectivity index (χ3v) is 6.41. The van der Waals surface area contributed by atoms with E-state index in [1.807, 2.05) is 12.3 Å². The first-order chi connectivity index (χ1) is 12.7. The van der Waals surface area contributed by atoms with Gasteiger partial charge in [-0.1, -0.05) is 24.3 Å². The van der Waals surface area contributed by atoms with Crippen LogP contribution in [0.5, 0.6) is 0 Å². The number of nitrogens with zero attached hydrogens (tertiary/aromatic N) is 2. The Labute approximate surface area is 157 Å². The van der Waals surface area contributed by atoms with Gasteiger partial charge in [0.05, 0.1) is 6.10 Å². The molecule has 138 valence electrons. The van der Waals surface area contributed by atoms with E-state index in [9.17, 15) is 5.11 Å². The summed E-state index contributed by atoms with van der Waals surface area (Å²) in [7, 11) is 0. The fraction of sp³-hybridized carbons (Fsp3) is 0.522. The first kappa shape index (κ1) is 17.7. The minimum absolute atomic E-state index is 0.329. The molecule has 1 N–H and O–H groups in total. The van der Waals surface area contributed by atoms with Crippen molar-refractivity contribution in [1.82, 2.24) is 9.88 Å². The molecule has 3 nitrogen and oxygen atoms in total. The van der Waals surface area contributed by atoms with E-state index in [4.69, 9.17) is 0 Å². The molecule has 0 amide bonds. The molecule has 1 aromatic heterocycles. The maximum Gasteiger partial charge on any atom is 0.0796 e. The largest absolute Gasteiger partial charge is 0.388 e. The number of piperidine rings is 1. The maximum atomic E-state index is 10.6. The Morgan fingerprint density at radius 2 is 1.88 bits per heavy atom. The summed E-state index contributed by atoms with van der Waals surface area (Å²) >= 11 is 0. The monoisotopic (exact) mass is 350 g/mol. The number of likely N-dealkylation sites (tertiary alicyclic amines) is 1. The fourth-order valence-corrected chi connectivity index (χ4v) is 4.89. The fourth-order valence-electron chi connectivity index (χ4n) is 4.89. The number of hydrogen-bond donors (Lipinski definition) is 1. The van der Waals surface area contributed by atoms with E-state index in [0.717, 1.165) is 31.4 Å². The summed E-state index contributed by atoms with van der Waals surface area (Å²) in [6, 6.07) is 10.9. The van der Waals surface area contributed by atoms with Gasteiger partial charge in [0.2, 0.25) is 0 Å². The van der Waals surface area contributed by atoms with Gasteiger partial charge in [-0.2, -0.15) is 0 Å². The Balaban J connectivity index is 1.33. The Bertz CT molecular complexity index is 736. The predicted octanol–water partition coefficient (Wildman–Crippen LogP) is 4.26. The zero-order valence-electron chi connectivity index (χ0n) is 15.8. The lowest BCUT2D eigenvalue weighted by Crippen LogP contribution is -2.37. The van der Waals surface area contributed by atoms with Gasteiger partial charge in [-0.05, 0) is 92.3 Å². The van der Waals surface area contributed by atoms with Gasteiger partial charge in [-0.25, -0.2) is 0 Å². The van der Waals surface area contributed by atoms with Crippen molar-refractivity contribution in [3.63, 3.8) is 0 Å². The average molecular weight is 351 g/mol. The molecule has 1 aliphatic heterocycles. The topological polar surface area (TPSA) is 36.4 Å². The predicted molar refractivity (Wildman–Crippen MR) is 105 cm³/mol. The lowest BCUT2D eigenvalue weighted by molar-refractivity contribution is 0.117. The van der Waals surface area contributed by atoms with Gasteiger partial charge in [-0.15, -0.1) is 0 Å². The van der Waals surface area contributed by atoms with Crippen molar-refractivity contribution in [3.8, 4) is 0 Å². The number of fused-ring (bicyclic) bond motifs is 1. The summed E-state index contributed by atoms with van der Waals surface area (Å²) in [5.74, 6) is 1.29. The Kier molecular flexibility index (Phi) is 5.37. The van der Waals surface area contributed by atoms with Gasteiger partial charge < -0.3 is 10.0 Å². The highest BCUT2D eigenvalue weighted by atomic mass is 16.3. The van der Waals surface area contributed by atoms with Gasteiger partial charge in [0.25, 0.3) is 0 Å². The molecule has 1 fully saturated rings. The molecule has 2 aromatic rings. The molecule has 2 atom stereocenters. The highest BCUT2D eigenvalue weighted by molar-refractivity contribution is 5.29. The van der Waals surface area contributed by atoms with Crippen LogP contribution >= 0.6 is 0 Å². The molecule has 0 saturated carbocycles. The van der Waals surface area contributed by atoms with E-state index in [1.165, 1.54) is 37.1 Å². The third-order valence-electron chi connectivity index (χ3n) is 6.41. The summed E-state index contributed by atoms with van der Waals surface area (Å²) in [5, 5.41) is 10.6. The molecule has 2 aliphatic rings. The summed E-state index contributed by atoms with van der Waals surface area (Å²) < 4.78 is 0. The molecule has 4 rings (SSSR count). The second kappa shape index (κ2) is 7.89. The third kappa shape index (κ3) is 3.84. The number of pyridine rings is 1. The lowest BCUT2D eigenvalue weighted by Gasteiger charge is -2.35. The first-order valence-corrected chi connectivity index (χ1v) is 10.1. The van der Waals surface area contributed by atoms with Crippen molar-refractivity contribution in [2.75, 3.05) is 19.6 Å².